The third-order valence-corrected chi connectivity index (χ3v) is 6.11. The first-order chi connectivity index (χ1) is 9.98. The van der Waals surface area contributed by atoms with Crippen molar-refractivity contribution in [3.05, 3.63) is 29.0 Å². The molecule has 2 aliphatic heterocycles. The molecule has 0 bridgehead atoms. The van der Waals surface area contributed by atoms with Crippen molar-refractivity contribution in [1.29, 1.82) is 0 Å². The molecular weight excluding hydrogens is 317 g/mol. The number of nitrogens with one attached hydrogen (secondary N) is 1. The molecule has 2 saturated heterocycles. The Morgan fingerprint density at radius 1 is 1.24 bits per heavy atom. The minimum Gasteiger partial charge on any atom is -0.314 e. The van der Waals surface area contributed by atoms with Crippen LogP contribution < -0.4 is 5.32 Å². The second-order valence-corrected chi connectivity index (χ2v) is 7.68. The van der Waals surface area contributed by atoms with Crippen molar-refractivity contribution in [3.63, 3.8) is 0 Å². The SMILES string of the molecule is O=S(=O)(c1ccc(Cl)cc1F)N1CC(N2CCNCC2)C1. The van der Waals surface area contributed by atoms with E-state index in [2.05, 4.69) is 10.2 Å². The smallest absolute Gasteiger partial charge is 0.246 e. The number of halogens is 2. The van der Waals surface area contributed by atoms with Crippen molar-refractivity contribution in [3.8, 4) is 0 Å². The molecule has 2 aliphatic rings. The van der Waals surface area contributed by atoms with Gasteiger partial charge in [0.25, 0.3) is 0 Å². The van der Waals surface area contributed by atoms with Gasteiger partial charge in [-0.2, -0.15) is 4.31 Å². The second-order valence-electron chi connectivity index (χ2n) is 5.34. The lowest BCUT2D eigenvalue weighted by Crippen LogP contribution is -2.63. The fourth-order valence-corrected chi connectivity index (χ4v) is 4.43. The van der Waals surface area contributed by atoms with Crippen LogP contribution in [-0.2, 0) is 10.0 Å². The van der Waals surface area contributed by atoms with Crippen LogP contribution in [0.15, 0.2) is 23.1 Å². The van der Waals surface area contributed by atoms with Crippen molar-refractivity contribution in [2.75, 3.05) is 39.3 Å². The molecule has 2 fully saturated rings. The van der Waals surface area contributed by atoms with Crippen molar-refractivity contribution < 1.29 is 12.8 Å². The van der Waals surface area contributed by atoms with E-state index in [0.29, 0.717) is 13.1 Å². The Labute approximate surface area is 128 Å². The molecule has 2 heterocycles. The van der Waals surface area contributed by atoms with E-state index in [4.69, 9.17) is 11.6 Å². The molecule has 1 aromatic carbocycles. The van der Waals surface area contributed by atoms with Gasteiger partial charge in [-0.25, -0.2) is 12.8 Å². The van der Waals surface area contributed by atoms with Crippen LogP contribution in [0.1, 0.15) is 0 Å². The molecule has 1 aromatic rings. The van der Waals surface area contributed by atoms with Crippen LogP contribution >= 0.6 is 11.6 Å². The first-order valence-electron chi connectivity index (χ1n) is 6.88. The molecule has 0 spiro atoms. The molecule has 8 heteroatoms. The average molecular weight is 334 g/mol. The number of rotatable bonds is 3. The highest BCUT2D eigenvalue weighted by molar-refractivity contribution is 7.89. The molecule has 0 aromatic heterocycles. The lowest BCUT2D eigenvalue weighted by Gasteiger charge is -2.45. The highest BCUT2D eigenvalue weighted by Crippen LogP contribution is 2.27. The highest BCUT2D eigenvalue weighted by atomic mass is 35.5. The third-order valence-electron chi connectivity index (χ3n) is 4.01. The largest absolute Gasteiger partial charge is 0.314 e. The minimum absolute atomic E-state index is 0.189. The predicted molar refractivity (Wildman–Crippen MR) is 78.4 cm³/mol. The molecule has 0 saturated carbocycles. The number of hydrogen-bond acceptors (Lipinski definition) is 4. The molecule has 0 atom stereocenters. The maximum atomic E-state index is 13.8. The molecule has 21 heavy (non-hydrogen) atoms. The Morgan fingerprint density at radius 3 is 2.52 bits per heavy atom. The molecule has 0 amide bonds. The Balaban J connectivity index is 1.70. The summed E-state index contributed by atoms with van der Waals surface area (Å²) in [6, 6.07) is 3.88. The molecular formula is C13H17ClFN3O2S. The third kappa shape index (κ3) is 2.93. The van der Waals surface area contributed by atoms with Crippen LogP contribution in [-0.4, -0.2) is 62.9 Å². The van der Waals surface area contributed by atoms with Gasteiger partial charge in [-0.05, 0) is 18.2 Å². The van der Waals surface area contributed by atoms with Gasteiger partial charge in [-0.3, -0.25) is 4.90 Å². The quantitative estimate of drug-likeness (QED) is 0.887. The van der Waals surface area contributed by atoms with E-state index in [-0.39, 0.29) is 16.0 Å². The van der Waals surface area contributed by atoms with E-state index >= 15 is 0 Å². The van der Waals surface area contributed by atoms with E-state index in [1.165, 1.54) is 16.4 Å². The van der Waals surface area contributed by atoms with E-state index < -0.39 is 15.8 Å². The van der Waals surface area contributed by atoms with Crippen LogP contribution in [0, 0.1) is 5.82 Å². The highest BCUT2D eigenvalue weighted by Gasteiger charge is 2.40. The summed E-state index contributed by atoms with van der Waals surface area (Å²) in [6.45, 7) is 4.54. The summed E-state index contributed by atoms with van der Waals surface area (Å²) in [5.74, 6) is -0.798. The van der Waals surface area contributed by atoms with Gasteiger partial charge in [0.1, 0.15) is 10.7 Å². The number of sulfonamides is 1. The summed E-state index contributed by atoms with van der Waals surface area (Å²) in [7, 11) is -3.76. The lowest BCUT2D eigenvalue weighted by atomic mass is 10.1. The number of hydrogen-bond donors (Lipinski definition) is 1. The van der Waals surface area contributed by atoms with E-state index in [0.717, 1.165) is 32.2 Å². The van der Waals surface area contributed by atoms with Gasteiger partial charge < -0.3 is 5.32 Å². The van der Waals surface area contributed by atoms with Crippen LogP contribution in [0.4, 0.5) is 4.39 Å². The zero-order valence-electron chi connectivity index (χ0n) is 11.4. The Hall–Kier alpha value is -0.730. The van der Waals surface area contributed by atoms with Crippen LogP contribution in [0.5, 0.6) is 0 Å². The Morgan fingerprint density at radius 2 is 1.90 bits per heavy atom. The Bertz CT molecular complexity index is 628. The molecule has 5 nitrogen and oxygen atoms in total. The minimum atomic E-state index is -3.76. The van der Waals surface area contributed by atoms with E-state index in [9.17, 15) is 12.8 Å². The van der Waals surface area contributed by atoms with Crippen LogP contribution in [0.25, 0.3) is 0 Å². The van der Waals surface area contributed by atoms with Crippen molar-refractivity contribution in [2.24, 2.45) is 0 Å². The van der Waals surface area contributed by atoms with Crippen LogP contribution in [0.2, 0.25) is 5.02 Å². The zero-order valence-corrected chi connectivity index (χ0v) is 13.0. The fourth-order valence-electron chi connectivity index (χ4n) is 2.71. The normalized spacial score (nSPS) is 22.2. The summed E-state index contributed by atoms with van der Waals surface area (Å²) >= 11 is 5.66. The molecule has 3 rings (SSSR count). The molecule has 0 radical (unpaired) electrons. The van der Waals surface area contributed by atoms with E-state index in [1.54, 1.807) is 0 Å². The molecule has 116 valence electrons. The maximum absolute atomic E-state index is 13.8. The predicted octanol–water partition coefficient (Wildman–Crippen LogP) is 0.757. The number of benzene rings is 1. The summed E-state index contributed by atoms with van der Waals surface area (Å²) in [4.78, 5) is 1.98. The summed E-state index contributed by atoms with van der Waals surface area (Å²) in [6.07, 6.45) is 0. The first kappa shape index (κ1) is 15.2. The van der Waals surface area contributed by atoms with Gasteiger partial charge in [0.2, 0.25) is 10.0 Å². The monoisotopic (exact) mass is 333 g/mol. The van der Waals surface area contributed by atoms with Crippen LogP contribution in [0.3, 0.4) is 0 Å². The van der Waals surface area contributed by atoms with E-state index in [1.807, 2.05) is 0 Å². The lowest BCUT2D eigenvalue weighted by molar-refractivity contribution is 0.0772. The fraction of sp³-hybridized carbons (Fsp3) is 0.538. The summed E-state index contributed by atoms with van der Waals surface area (Å²) < 4.78 is 39.9. The van der Waals surface area contributed by atoms with Crippen molar-refractivity contribution in [1.82, 2.24) is 14.5 Å². The summed E-state index contributed by atoms with van der Waals surface area (Å²) in [5, 5.41) is 3.45. The van der Waals surface area contributed by atoms with Gasteiger partial charge >= 0.3 is 0 Å². The van der Waals surface area contributed by atoms with Gasteiger partial charge in [0.05, 0.1) is 0 Å². The maximum Gasteiger partial charge on any atom is 0.246 e. The summed E-state index contributed by atoms with van der Waals surface area (Å²) in [5.41, 5.74) is 0. The van der Waals surface area contributed by atoms with Gasteiger partial charge in [-0.1, -0.05) is 11.6 Å². The standard InChI is InChI=1S/C13H17ClFN3O2S/c14-10-1-2-13(12(15)7-10)21(19,20)18-8-11(9-18)17-5-3-16-4-6-17/h1-2,7,11,16H,3-6,8-9H2. The second kappa shape index (κ2) is 5.81. The molecule has 1 N–H and O–H groups in total. The van der Waals surface area contributed by atoms with Gasteiger partial charge in [0.15, 0.2) is 0 Å². The van der Waals surface area contributed by atoms with Crippen molar-refractivity contribution in [2.45, 2.75) is 10.9 Å². The molecule has 0 unspecified atom stereocenters. The Kier molecular flexibility index (Phi) is 4.20. The average Bonchev–Trinajstić information content (AvgIpc) is 2.37. The van der Waals surface area contributed by atoms with Gasteiger partial charge in [0, 0.05) is 50.3 Å². The number of nitrogens with zero attached hydrogens (tertiary/aromatic N) is 2. The zero-order chi connectivity index (χ0) is 15.0. The molecule has 0 aliphatic carbocycles. The topological polar surface area (TPSA) is 52.7 Å². The van der Waals surface area contributed by atoms with Gasteiger partial charge in [-0.15, -0.1) is 0 Å². The van der Waals surface area contributed by atoms with Crippen molar-refractivity contribution >= 4 is 21.6 Å². The first-order valence-corrected chi connectivity index (χ1v) is 8.70. The number of piperazine rings is 1.